The summed E-state index contributed by atoms with van der Waals surface area (Å²) in [5, 5.41) is 6.01. The number of aromatic nitrogens is 3. The van der Waals surface area contributed by atoms with E-state index in [1.54, 1.807) is 12.1 Å². The smallest absolute Gasteiger partial charge is 0.304 e. The minimum Gasteiger partial charge on any atom is -0.364 e. The van der Waals surface area contributed by atoms with Crippen molar-refractivity contribution in [3.05, 3.63) is 45.9 Å². The van der Waals surface area contributed by atoms with Crippen LogP contribution in [0.5, 0.6) is 0 Å². The standard InChI is InChI=1S/C10H10N4O2.Na/c1-6-2-4-7(5-3-6)14-10(16)8(9(11)15)12-13-14;/h2-5,13H,1H3,(H2,11,15);. The number of hydrogen-bond donors (Lipinski definition) is 2. The quantitative estimate of drug-likeness (QED) is 0.699. The normalized spacial score (nSPS) is 9.71. The predicted octanol–water partition coefficient (Wildman–Crippen LogP) is -0.413. The molecule has 0 saturated heterocycles. The number of rotatable bonds is 2. The van der Waals surface area contributed by atoms with Gasteiger partial charge in [-0.1, -0.05) is 17.7 Å². The molecule has 0 saturated carbocycles. The fourth-order valence-electron chi connectivity index (χ4n) is 1.33. The van der Waals surface area contributed by atoms with E-state index in [0.29, 0.717) is 5.69 Å². The number of nitrogens with one attached hydrogen (secondary N) is 1. The number of H-pyrrole nitrogens is 1. The van der Waals surface area contributed by atoms with E-state index in [1.165, 1.54) is 4.68 Å². The van der Waals surface area contributed by atoms with Crippen LogP contribution in [0.4, 0.5) is 0 Å². The van der Waals surface area contributed by atoms with E-state index in [4.69, 9.17) is 5.73 Å². The molecule has 17 heavy (non-hydrogen) atoms. The molecule has 0 spiro atoms. The Bertz CT molecular complexity index is 585. The van der Waals surface area contributed by atoms with E-state index in [0.717, 1.165) is 5.56 Å². The second-order valence-corrected chi connectivity index (χ2v) is 3.40. The molecule has 7 heteroatoms. The number of nitrogens with two attached hydrogens (primary N) is 1. The SMILES string of the molecule is Cc1ccc(-n2[nH]nc(C(N)=O)c2=O)cc1.[Na]. The Morgan fingerprint density at radius 1 is 1.35 bits per heavy atom. The molecular formula is C10H10N4NaO2. The Balaban J connectivity index is 0.00000144. The minimum absolute atomic E-state index is 0. The number of carbonyl (C=O) groups is 1. The van der Waals surface area contributed by atoms with Gasteiger partial charge >= 0.3 is 5.56 Å². The predicted molar refractivity (Wildman–Crippen MR) is 63.2 cm³/mol. The van der Waals surface area contributed by atoms with Gasteiger partial charge in [0.15, 0.2) is 0 Å². The number of aryl methyl sites for hydroxylation is 1. The van der Waals surface area contributed by atoms with Crippen LogP contribution < -0.4 is 11.3 Å². The van der Waals surface area contributed by atoms with Gasteiger partial charge in [-0.2, -0.15) is 0 Å². The molecule has 83 valence electrons. The third-order valence-electron chi connectivity index (χ3n) is 2.19. The number of aromatic amines is 1. The molecule has 2 rings (SSSR count). The second-order valence-electron chi connectivity index (χ2n) is 3.40. The van der Waals surface area contributed by atoms with Crippen molar-refractivity contribution in [3.8, 4) is 5.69 Å². The first kappa shape index (κ1) is 13.7. The van der Waals surface area contributed by atoms with Crippen molar-refractivity contribution in [3.63, 3.8) is 0 Å². The molecule has 6 nitrogen and oxygen atoms in total. The van der Waals surface area contributed by atoms with Crippen molar-refractivity contribution in [2.75, 3.05) is 0 Å². The number of nitrogens with zero attached hydrogens (tertiary/aromatic N) is 2. The van der Waals surface area contributed by atoms with Gasteiger partial charge in [0.05, 0.1) is 5.69 Å². The Labute approximate surface area is 119 Å². The monoisotopic (exact) mass is 241 g/mol. The van der Waals surface area contributed by atoms with Crippen LogP contribution in [-0.2, 0) is 0 Å². The zero-order valence-corrected chi connectivity index (χ0v) is 11.6. The number of carbonyl (C=O) groups excluding carboxylic acids is 1. The summed E-state index contributed by atoms with van der Waals surface area (Å²) in [6.07, 6.45) is 0. The second kappa shape index (κ2) is 5.31. The number of hydrogen-bond acceptors (Lipinski definition) is 3. The van der Waals surface area contributed by atoms with Crippen LogP contribution in [0.1, 0.15) is 16.1 Å². The van der Waals surface area contributed by atoms with Crippen LogP contribution in [0.25, 0.3) is 5.69 Å². The Morgan fingerprint density at radius 3 is 2.41 bits per heavy atom. The summed E-state index contributed by atoms with van der Waals surface area (Å²) in [5.41, 5.74) is 5.84. The Hall–Kier alpha value is -1.37. The maximum Gasteiger partial charge on any atom is 0.304 e. The first-order valence-corrected chi connectivity index (χ1v) is 4.64. The number of benzene rings is 1. The molecule has 0 atom stereocenters. The molecule has 2 aromatic rings. The molecule has 0 fully saturated rings. The first-order valence-electron chi connectivity index (χ1n) is 4.64. The molecule has 0 unspecified atom stereocenters. The summed E-state index contributed by atoms with van der Waals surface area (Å²) < 4.78 is 1.17. The first-order chi connectivity index (χ1) is 7.59. The van der Waals surface area contributed by atoms with Gasteiger partial charge in [0.1, 0.15) is 0 Å². The fraction of sp³-hybridized carbons (Fsp3) is 0.100. The van der Waals surface area contributed by atoms with Crippen LogP contribution in [0, 0.1) is 6.92 Å². The van der Waals surface area contributed by atoms with Crippen molar-refractivity contribution in [2.24, 2.45) is 5.73 Å². The summed E-state index contributed by atoms with van der Waals surface area (Å²) in [6.45, 7) is 1.94. The van der Waals surface area contributed by atoms with E-state index in [1.807, 2.05) is 19.1 Å². The average molecular weight is 241 g/mol. The summed E-state index contributed by atoms with van der Waals surface area (Å²) in [4.78, 5) is 22.5. The van der Waals surface area contributed by atoms with Gasteiger partial charge in [-0.05, 0) is 19.1 Å². The summed E-state index contributed by atoms with van der Waals surface area (Å²) in [5.74, 6) is -0.841. The van der Waals surface area contributed by atoms with Crippen molar-refractivity contribution in [2.45, 2.75) is 6.92 Å². The van der Waals surface area contributed by atoms with Gasteiger partial charge in [-0.25, -0.2) is 9.90 Å². The van der Waals surface area contributed by atoms with Gasteiger partial charge in [-0.15, -0.1) is 5.10 Å². The van der Waals surface area contributed by atoms with Crippen molar-refractivity contribution < 1.29 is 4.79 Å². The number of primary amides is 1. The third kappa shape index (κ3) is 2.66. The molecular weight excluding hydrogens is 231 g/mol. The van der Waals surface area contributed by atoms with E-state index < -0.39 is 11.5 Å². The molecule has 1 heterocycles. The molecule has 1 aromatic heterocycles. The largest absolute Gasteiger partial charge is 0.364 e. The van der Waals surface area contributed by atoms with E-state index in [9.17, 15) is 9.59 Å². The van der Waals surface area contributed by atoms with E-state index in [2.05, 4.69) is 10.3 Å². The van der Waals surface area contributed by atoms with Crippen molar-refractivity contribution in [1.82, 2.24) is 15.0 Å². The Morgan fingerprint density at radius 2 is 1.94 bits per heavy atom. The van der Waals surface area contributed by atoms with Crippen LogP contribution in [0.3, 0.4) is 0 Å². The Kier molecular flexibility index (Phi) is 4.28. The molecule has 1 radical (unpaired) electrons. The third-order valence-corrected chi connectivity index (χ3v) is 2.19. The summed E-state index contributed by atoms with van der Waals surface area (Å²) in [7, 11) is 0. The average Bonchev–Trinajstić information content (AvgIpc) is 2.61. The van der Waals surface area contributed by atoms with Gasteiger partial charge in [-0.3, -0.25) is 9.59 Å². The number of amides is 1. The van der Waals surface area contributed by atoms with E-state index in [-0.39, 0.29) is 35.3 Å². The molecule has 0 aliphatic rings. The van der Waals surface area contributed by atoms with Crippen LogP contribution in [0.15, 0.2) is 29.1 Å². The van der Waals surface area contributed by atoms with E-state index >= 15 is 0 Å². The maximum atomic E-state index is 11.7. The topological polar surface area (TPSA) is 93.8 Å². The van der Waals surface area contributed by atoms with Crippen LogP contribution >= 0.6 is 0 Å². The van der Waals surface area contributed by atoms with Crippen LogP contribution in [-0.4, -0.2) is 50.5 Å². The van der Waals surface area contributed by atoms with Gasteiger partial charge in [0.2, 0.25) is 5.69 Å². The van der Waals surface area contributed by atoms with Crippen molar-refractivity contribution in [1.29, 1.82) is 0 Å². The van der Waals surface area contributed by atoms with Gasteiger partial charge in [0.25, 0.3) is 5.91 Å². The fourth-order valence-corrected chi connectivity index (χ4v) is 1.33. The molecule has 0 aliphatic carbocycles. The minimum atomic E-state index is -0.841. The van der Waals surface area contributed by atoms with Crippen LogP contribution in [0.2, 0.25) is 0 Å². The zero-order valence-electron chi connectivity index (χ0n) is 9.60. The molecule has 1 aromatic carbocycles. The zero-order chi connectivity index (χ0) is 11.7. The molecule has 3 N–H and O–H groups in total. The molecule has 1 amide bonds. The van der Waals surface area contributed by atoms with Gasteiger partial charge in [0, 0.05) is 29.6 Å². The maximum absolute atomic E-state index is 11.7. The summed E-state index contributed by atoms with van der Waals surface area (Å²) in [6, 6.07) is 7.21. The van der Waals surface area contributed by atoms with Gasteiger partial charge < -0.3 is 5.73 Å². The molecule has 0 aliphatic heterocycles. The molecule has 0 bridgehead atoms. The summed E-state index contributed by atoms with van der Waals surface area (Å²) >= 11 is 0. The van der Waals surface area contributed by atoms with Crippen molar-refractivity contribution >= 4 is 35.5 Å².